The van der Waals surface area contributed by atoms with Gasteiger partial charge in [-0.25, -0.2) is 0 Å². The second kappa shape index (κ2) is 6.41. The maximum absolute atomic E-state index is 5.44. The molecule has 2 heteroatoms. The maximum Gasteiger partial charge on any atom is 0.0596 e. The Bertz CT molecular complexity index is 141. The summed E-state index contributed by atoms with van der Waals surface area (Å²) in [6, 6.07) is 0. The molecule has 0 amide bonds. The van der Waals surface area contributed by atoms with Crippen molar-refractivity contribution in [3.05, 3.63) is 0 Å². The van der Waals surface area contributed by atoms with Crippen LogP contribution in [0.4, 0.5) is 0 Å². The normalized spacial score (nSPS) is 23.4. The van der Waals surface area contributed by atoms with Gasteiger partial charge in [-0.3, -0.25) is 0 Å². The van der Waals surface area contributed by atoms with Gasteiger partial charge in [0.05, 0.1) is 12.7 Å². The molecule has 2 nitrogen and oxygen atoms in total. The Balaban J connectivity index is 2.46. The van der Waals surface area contributed by atoms with Crippen LogP contribution in [0.2, 0.25) is 0 Å². The molecule has 0 bridgehead atoms. The van der Waals surface area contributed by atoms with E-state index < -0.39 is 0 Å². The van der Waals surface area contributed by atoms with E-state index in [-0.39, 0.29) is 0 Å². The number of hydrogen-bond acceptors (Lipinski definition) is 2. The van der Waals surface area contributed by atoms with Crippen LogP contribution in [0.25, 0.3) is 0 Å². The highest BCUT2D eigenvalue weighted by molar-refractivity contribution is 4.77. The minimum absolute atomic E-state index is 0.332. The van der Waals surface area contributed by atoms with Gasteiger partial charge >= 0.3 is 0 Å². The molecule has 0 saturated heterocycles. The average molecular weight is 200 g/mol. The van der Waals surface area contributed by atoms with Gasteiger partial charge < -0.3 is 9.47 Å². The SMILES string of the molecule is COCC(C1CCCCC1)C(C)OC. The molecule has 2 atom stereocenters. The molecule has 0 heterocycles. The Hall–Kier alpha value is -0.0800. The van der Waals surface area contributed by atoms with Crippen molar-refractivity contribution in [3.8, 4) is 0 Å². The van der Waals surface area contributed by atoms with E-state index in [1.54, 1.807) is 14.2 Å². The van der Waals surface area contributed by atoms with Gasteiger partial charge in [0, 0.05) is 20.1 Å². The molecule has 1 saturated carbocycles. The molecule has 0 aliphatic heterocycles. The van der Waals surface area contributed by atoms with Gasteiger partial charge in [0.25, 0.3) is 0 Å². The number of ether oxygens (including phenoxy) is 2. The van der Waals surface area contributed by atoms with E-state index in [0.717, 1.165) is 12.5 Å². The third kappa shape index (κ3) is 3.25. The number of rotatable bonds is 5. The molecular formula is C12H24O2. The Labute approximate surface area is 88.0 Å². The van der Waals surface area contributed by atoms with E-state index in [4.69, 9.17) is 9.47 Å². The van der Waals surface area contributed by atoms with Crippen LogP contribution in [0.5, 0.6) is 0 Å². The number of methoxy groups -OCH3 is 2. The van der Waals surface area contributed by atoms with Gasteiger partial charge in [0.1, 0.15) is 0 Å². The molecule has 1 rings (SSSR count). The first kappa shape index (κ1) is 12.0. The summed E-state index contributed by atoms with van der Waals surface area (Å²) in [5.41, 5.74) is 0. The van der Waals surface area contributed by atoms with E-state index in [9.17, 15) is 0 Å². The lowest BCUT2D eigenvalue weighted by Crippen LogP contribution is -2.32. The second-order valence-corrected chi connectivity index (χ2v) is 4.46. The summed E-state index contributed by atoms with van der Waals surface area (Å²) in [5, 5.41) is 0. The molecule has 0 N–H and O–H groups in total. The lowest BCUT2D eigenvalue weighted by molar-refractivity contribution is -0.00949. The van der Waals surface area contributed by atoms with Crippen LogP contribution >= 0.6 is 0 Å². The first-order valence-corrected chi connectivity index (χ1v) is 5.81. The van der Waals surface area contributed by atoms with E-state index in [1.807, 2.05) is 0 Å². The highest BCUT2D eigenvalue weighted by atomic mass is 16.5. The summed E-state index contributed by atoms with van der Waals surface area (Å²) in [6.07, 6.45) is 7.25. The molecular weight excluding hydrogens is 176 g/mol. The van der Waals surface area contributed by atoms with Gasteiger partial charge in [-0.05, 0) is 12.8 Å². The molecule has 0 spiro atoms. The Kier molecular flexibility index (Phi) is 5.49. The first-order chi connectivity index (χ1) is 6.79. The summed E-state index contributed by atoms with van der Waals surface area (Å²) in [7, 11) is 3.59. The van der Waals surface area contributed by atoms with E-state index in [1.165, 1.54) is 32.1 Å². The Morgan fingerprint density at radius 3 is 2.29 bits per heavy atom. The predicted octanol–water partition coefficient (Wildman–Crippen LogP) is 2.86. The van der Waals surface area contributed by atoms with Crippen molar-refractivity contribution in [1.29, 1.82) is 0 Å². The fourth-order valence-electron chi connectivity index (χ4n) is 2.58. The van der Waals surface area contributed by atoms with Crippen LogP contribution in [-0.4, -0.2) is 26.9 Å². The number of hydrogen-bond donors (Lipinski definition) is 0. The van der Waals surface area contributed by atoms with Crippen molar-refractivity contribution in [2.75, 3.05) is 20.8 Å². The van der Waals surface area contributed by atoms with Gasteiger partial charge in [0.2, 0.25) is 0 Å². The molecule has 0 aromatic rings. The summed E-state index contributed by atoms with van der Waals surface area (Å²) in [5.74, 6) is 1.41. The highest BCUT2D eigenvalue weighted by Crippen LogP contribution is 2.32. The molecule has 0 radical (unpaired) electrons. The smallest absolute Gasteiger partial charge is 0.0596 e. The third-order valence-corrected chi connectivity index (χ3v) is 3.59. The summed E-state index contributed by atoms with van der Waals surface area (Å²) in [4.78, 5) is 0. The van der Waals surface area contributed by atoms with Gasteiger partial charge in [-0.15, -0.1) is 0 Å². The van der Waals surface area contributed by atoms with Crippen LogP contribution in [0.3, 0.4) is 0 Å². The van der Waals surface area contributed by atoms with Crippen molar-refractivity contribution in [2.45, 2.75) is 45.1 Å². The van der Waals surface area contributed by atoms with E-state index in [2.05, 4.69) is 6.92 Å². The zero-order valence-electron chi connectivity index (χ0n) is 9.79. The second-order valence-electron chi connectivity index (χ2n) is 4.46. The van der Waals surface area contributed by atoms with Crippen LogP contribution in [0.1, 0.15) is 39.0 Å². The zero-order valence-corrected chi connectivity index (χ0v) is 9.79. The van der Waals surface area contributed by atoms with Crippen molar-refractivity contribution in [3.63, 3.8) is 0 Å². The first-order valence-electron chi connectivity index (χ1n) is 5.81. The van der Waals surface area contributed by atoms with Gasteiger partial charge in [-0.2, -0.15) is 0 Å². The van der Waals surface area contributed by atoms with Crippen molar-refractivity contribution in [1.82, 2.24) is 0 Å². The van der Waals surface area contributed by atoms with Crippen LogP contribution < -0.4 is 0 Å². The molecule has 2 unspecified atom stereocenters. The molecule has 0 aromatic heterocycles. The Morgan fingerprint density at radius 1 is 1.14 bits per heavy atom. The van der Waals surface area contributed by atoms with E-state index in [0.29, 0.717) is 12.0 Å². The third-order valence-electron chi connectivity index (χ3n) is 3.59. The van der Waals surface area contributed by atoms with E-state index >= 15 is 0 Å². The van der Waals surface area contributed by atoms with Crippen molar-refractivity contribution < 1.29 is 9.47 Å². The largest absolute Gasteiger partial charge is 0.384 e. The minimum atomic E-state index is 0.332. The lowest BCUT2D eigenvalue weighted by Gasteiger charge is -2.33. The van der Waals surface area contributed by atoms with Crippen LogP contribution in [0, 0.1) is 11.8 Å². The molecule has 0 aromatic carbocycles. The summed E-state index contributed by atoms with van der Waals surface area (Å²) >= 11 is 0. The topological polar surface area (TPSA) is 18.5 Å². The summed E-state index contributed by atoms with van der Waals surface area (Å²) < 4.78 is 10.7. The van der Waals surface area contributed by atoms with Gasteiger partial charge in [-0.1, -0.05) is 32.1 Å². The maximum atomic E-state index is 5.44. The van der Waals surface area contributed by atoms with Crippen LogP contribution in [-0.2, 0) is 9.47 Å². The lowest BCUT2D eigenvalue weighted by atomic mass is 9.78. The fourth-order valence-corrected chi connectivity index (χ4v) is 2.58. The standard InChI is InChI=1S/C12H24O2/c1-10(14-3)12(9-13-2)11-7-5-4-6-8-11/h10-12H,4-9H2,1-3H3. The minimum Gasteiger partial charge on any atom is -0.384 e. The molecule has 1 aliphatic rings. The monoisotopic (exact) mass is 200 g/mol. The van der Waals surface area contributed by atoms with Crippen molar-refractivity contribution in [2.24, 2.45) is 11.8 Å². The molecule has 1 aliphatic carbocycles. The molecule has 1 fully saturated rings. The fraction of sp³-hybridized carbons (Fsp3) is 1.00. The Morgan fingerprint density at radius 2 is 1.79 bits per heavy atom. The van der Waals surface area contributed by atoms with Crippen LogP contribution in [0.15, 0.2) is 0 Å². The van der Waals surface area contributed by atoms with Crippen molar-refractivity contribution >= 4 is 0 Å². The molecule has 14 heavy (non-hydrogen) atoms. The van der Waals surface area contributed by atoms with Gasteiger partial charge in [0.15, 0.2) is 0 Å². The summed E-state index contributed by atoms with van der Waals surface area (Å²) in [6.45, 7) is 3.01. The zero-order chi connectivity index (χ0) is 10.4. The molecule has 84 valence electrons. The predicted molar refractivity (Wildman–Crippen MR) is 58.4 cm³/mol. The highest BCUT2D eigenvalue weighted by Gasteiger charge is 2.27. The quantitative estimate of drug-likeness (QED) is 0.679. The average Bonchev–Trinajstić information content (AvgIpc) is 2.26.